The predicted molar refractivity (Wildman–Crippen MR) is 84.0 cm³/mol. The Morgan fingerprint density at radius 3 is 3.00 bits per heavy atom. The second-order valence-electron chi connectivity index (χ2n) is 4.77. The minimum absolute atomic E-state index is 0.0593. The van der Waals surface area contributed by atoms with E-state index in [0.717, 1.165) is 10.9 Å². The molecule has 7 nitrogen and oxygen atoms in total. The molecular weight excluding hydrogens is 316 g/mol. The number of hydrogen-bond acceptors (Lipinski definition) is 7. The number of carbonyl (C=O) groups excluding carboxylic acids is 1. The lowest BCUT2D eigenvalue weighted by molar-refractivity contribution is -0.115. The van der Waals surface area contributed by atoms with Crippen LogP contribution in [0.5, 0.6) is 0 Å². The highest BCUT2D eigenvalue weighted by Gasteiger charge is 2.15. The molecule has 114 valence electrons. The average Bonchev–Trinajstić information content (AvgIpc) is 3.27. The molecule has 0 aliphatic carbocycles. The SMILES string of the molecule is O=C(Cc1noc2ccccc12)Nc1nnc(-c2ccsc2)o1. The number of para-hydroxylation sites is 1. The summed E-state index contributed by atoms with van der Waals surface area (Å²) in [4.78, 5) is 12.1. The van der Waals surface area contributed by atoms with Crippen LogP contribution in [0.2, 0.25) is 0 Å². The van der Waals surface area contributed by atoms with Crippen molar-refractivity contribution in [2.24, 2.45) is 0 Å². The molecule has 0 atom stereocenters. The molecule has 0 saturated heterocycles. The highest BCUT2D eigenvalue weighted by atomic mass is 32.1. The van der Waals surface area contributed by atoms with Gasteiger partial charge in [0.25, 0.3) is 5.89 Å². The first-order chi connectivity index (χ1) is 11.3. The molecule has 1 aromatic carbocycles. The normalized spacial score (nSPS) is 11.0. The standard InChI is InChI=1S/C15H10N4O3S/c20-13(7-11-10-3-1-2-4-12(10)22-19-11)16-15-18-17-14(21-15)9-5-6-23-8-9/h1-6,8H,7H2,(H,16,18,20). The van der Waals surface area contributed by atoms with Crippen molar-refractivity contribution in [2.75, 3.05) is 5.32 Å². The van der Waals surface area contributed by atoms with Gasteiger partial charge in [0.15, 0.2) is 5.58 Å². The number of benzene rings is 1. The van der Waals surface area contributed by atoms with Crippen molar-refractivity contribution < 1.29 is 13.7 Å². The number of thiophene rings is 1. The summed E-state index contributed by atoms with van der Waals surface area (Å²) < 4.78 is 10.6. The third-order valence-electron chi connectivity index (χ3n) is 3.22. The summed E-state index contributed by atoms with van der Waals surface area (Å²) >= 11 is 1.53. The lowest BCUT2D eigenvalue weighted by atomic mass is 10.2. The van der Waals surface area contributed by atoms with Gasteiger partial charge in [-0.2, -0.15) is 11.3 Å². The van der Waals surface area contributed by atoms with Gasteiger partial charge in [0.1, 0.15) is 5.69 Å². The second kappa shape index (κ2) is 5.65. The number of anilines is 1. The highest BCUT2D eigenvalue weighted by molar-refractivity contribution is 7.08. The van der Waals surface area contributed by atoms with Crippen LogP contribution in [0, 0.1) is 0 Å². The van der Waals surface area contributed by atoms with E-state index in [1.807, 2.05) is 35.0 Å². The summed E-state index contributed by atoms with van der Waals surface area (Å²) in [5.74, 6) is 0.0676. The van der Waals surface area contributed by atoms with Gasteiger partial charge < -0.3 is 8.94 Å². The van der Waals surface area contributed by atoms with Gasteiger partial charge in [0.05, 0.1) is 6.42 Å². The van der Waals surface area contributed by atoms with Crippen LogP contribution in [0.25, 0.3) is 22.4 Å². The van der Waals surface area contributed by atoms with E-state index >= 15 is 0 Å². The largest absolute Gasteiger partial charge is 0.403 e. The fraction of sp³-hybridized carbons (Fsp3) is 0.0667. The molecule has 0 saturated carbocycles. The van der Waals surface area contributed by atoms with E-state index in [0.29, 0.717) is 17.2 Å². The van der Waals surface area contributed by atoms with Gasteiger partial charge in [-0.15, -0.1) is 5.10 Å². The Balaban J connectivity index is 1.48. The number of rotatable bonds is 4. The summed E-state index contributed by atoms with van der Waals surface area (Å²) in [6, 6.07) is 9.30. The van der Waals surface area contributed by atoms with Crippen molar-refractivity contribution in [1.82, 2.24) is 15.4 Å². The Morgan fingerprint density at radius 2 is 2.13 bits per heavy atom. The molecule has 3 heterocycles. The Hall–Kier alpha value is -3.00. The van der Waals surface area contributed by atoms with E-state index in [1.54, 1.807) is 6.07 Å². The number of nitrogens with zero attached hydrogens (tertiary/aromatic N) is 3. The summed E-state index contributed by atoms with van der Waals surface area (Å²) in [6.07, 6.45) is 0.0627. The molecule has 0 bridgehead atoms. The van der Waals surface area contributed by atoms with E-state index in [2.05, 4.69) is 20.7 Å². The number of aromatic nitrogens is 3. The molecule has 0 aliphatic heterocycles. The van der Waals surface area contributed by atoms with Crippen LogP contribution in [0.4, 0.5) is 6.01 Å². The Morgan fingerprint density at radius 1 is 1.22 bits per heavy atom. The minimum atomic E-state index is -0.301. The molecule has 3 aromatic heterocycles. The van der Waals surface area contributed by atoms with Crippen LogP contribution in [0.1, 0.15) is 5.69 Å². The summed E-state index contributed by atoms with van der Waals surface area (Å²) in [6.45, 7) is 0. The van der Waals surface area contributed by atoms with E-state index < -0.39 is 0 Å². The monoisotopic (exact) mass is 326 g/mol. The predicted octanol–water partition coefficient (Wildman–Crippen LogP) is 3.12. The van der Waals surface area contributed by atoms with Crippen LogP contribution in [0.3, 0.4) is 0 Å². The maximum atomic E-state index is 12.1. The number of hydrogen-bond donors (Lipinski definition) is 1. The Labute approximate surface area is 133 Å². The van der Waals surface area contributed by atoms with Crippen LogP contribution in [-0.2, 0) is 11.2 Å². The molecule has 4 aromatic rings. The maximum absolute atomic E-state index is 12.1. The molecular formula is C15H10N4O3S. The molecule has 0 fully saturated rings. The van der Waals surface area contributed by atoms with Crippen LogP contribution in [-0.4, -0.2) is 21.3 Å². The van der Waals surface area contributed by atoms with Crippen molar-refractivity contribution in [3.8, 4) is 11.5 Å². The van der Waals surface area contributed by atoms with Gasteiger partial charge in [0.2, 0.25) is 5.91 Å². The first-order valence-corrected chi connectivity index (χ1v) is 7.73. The summed E-state index contributed by atoms with van der Waals surface area (Å²) in [5, 5.41) is 18.8. The number of carbonyl (C=O) groups is 1. The van der Waals surface area contributed by atoms with E-state index in [9.17, 15) is 4.79 Å². The van der Waals surface area contributed by atoms with Crippen LogP contribution < -0.4 is 5.32 Å². The zero-order valence-electron chi connectivity index (χ0n) is 11.7. The van der Waals surface area contributed by atoms with E-state index in [-0.39, 0.29) is 18.3 Å². The van der Waals surface area contributed by atoms with Gasteiger partial charge in [-0.25, -0.2) is 0 Å². The Kier molecular flexibility index (Phi) is 3.35. The molecule has 23 heavy (non-hydrogen) atoms. The third kappa shape index (κ3) is 2.71. The van der Waals surface area contributed by atoms with Gasteiger partial charge in [-0.05, 0) is 23.6 Å². The number of fused-ring (bicyclic) bond motifs is 1. The fourth-order valence-electron chi connectivity index (χ4n) is 2.16. The van der Waals surface area contributed by atoms with Crippen molar-refractivity contribution in [2.45, 2.75) is 6.42 Å². The van der Waals surface area contributed by atoms with Gasteiger partial charge in [-0.3, -0.25) is 10.1 Å². The molecule has 0 radical (unpaired) electrons. The van der Waals surface area contributed by atoms with Crippen molar-refractivity contribution in [1.29, 1.82) is 0 Å². The molecule has 8 heteroatoms. The quantitative estimate of drug-likeness (QED) is 0.619. The van der Waals surface area contributed by atoms with Crippen molar-refractivity contribution in [3.05, 3.63) is 46.8 Å². The van der Waals surface area contributed by atoms with Gasteiger partial charge >= 0.3 is 6.01 Å². The number of nitrogens with one attached hydrogen (secondary N) is 1. The maximum Gasteiger partial charge on any atom is 0.322 e. The summed E-state index contributed by atoms with van der Waals surface area (Å²) in [5.41, 5.74) is 2.04. The molecule has 0 aliphatic rings. The first kappa shape index (κ1) is 13.6. The average molecular weight is 326 g/mol. The third-order valence-corrected chi connectivity index (χ3v) is 3.90. The van der Waals surface area contributed by atoms with Crippen molar-refractivity contribution in [3.63, 3.8) is 0 Å². The van der Waals surface area contributed by atoms with E-state index in [1.165, 1.54) is 11.3 Å². The summed E-state index contributed by atoms with van der Waals surface area (Å²) in [7, 11) is 0. The van der Waals surface area contributed by atoms with Gasteiger partial charge in [0, 0.05) is 16.3 Å². The zero-order chi connectivity index (χ0) is 15.6. The van der Waals surface area contributed by atoms with E-state index in [4.69, 9.17) is 8.94 Å². The number of amides is 1. The van der Waals surface area contributed by atoms with Gasteiger partial charge in [-0.1, -0.05) is 22.4 Å². The second-order valence-corrected chi connectivity index (χ2v) is 5.55. The fourth-order valence-corrected chi connectivity index (χ4v) is 2.79. The molecule has 0 spiro atoms. The zero-order valence-corrected chi connectivity index (χ0v) is 12.5. The topological polar surface area (TPSA) is 94.1 Å². The van der Waals surface area contributed by atoms with Crippen molar-refractivity contribution >= 4 is 34.2 Å². The van der Waals surface area contributed by atoms with Crippen LogP contribution in [0.15, 0.2) is 50.0 Å². The molecule has 4 rings (SSSR count). The lowest BCUT2D eigenvalue weighted by Gasteiger charge is -1.97. The smallest absolute Gasteiger partial charge is 0.322 e. The first-order valence-electron chi connectivity index (χ1n) is 6.79. The molecule has 1 N–H and O–H groups in total. The lowest BCUT2D eigenvalue weighted by Crippen LogP contribution is -2.15. The Bertz CT molecular complexity index is 958. The minimum Gasteiger partial charge on any atom is -0.403 e. The molecule has 0 unspecified atom stereocenters. The highest BCUT2D eigenvalue weighted by Crippen LogP contribution is 2.22. The van der Waals surface area contributed by atoms with Crippen LogP contribution >= 0.6 is 11.3 Å². The molecule has 1 amide bonds.